The summed E-state index contributed by atoms with van der Waals surface area (Å²) in [5.41, 5.74) is 0. The highest BCUT2D eigenvalue weighted by Gasteiger charge is 2.16. The van der Waals surface area contributed by atoms with Crippen LogP contribution in [0, 0.1) is 0 Å². The molecule has 5 nitrogen and oxygen atoms in total. The highest BCUT2D eigenvalue weighted by molar-refractivity contribution is 7.84. The number of hydrogen-bond acceptors (Lipinski definition) is 4. The Labute approximate surface area is 79.2 Å². The summed E-state index contributed by atoms with van der Waals surface area (Å²) in [7, 11) is -3.92. The van der Waals surface area contributed by atoms with E-state index in [1.165, 1.54) is 0 Å². The van der Waals surface area contributed by atoms with Gasteiger partial charge < -0.3 is 14.6 Å². The van der Waals surface area contributed by atoms with Crippen LogP contribution >= 0.6 is 0 Å². The summed E-state index contributed by atoms with van der Waals surface area (Å²) in [6.45, 7) is 6.49. The van der Waals surface area contributed by atoms with Crippen LogP contribution in [0.4, 0.5) is 0 Å². The third kappa shape index (κ3) is 11.8. The molecule has 1 fully saturated rings. The van der Waals surface area contributed by atoms with Crippen molar-refractivity contribution < 1.29 is 23.0 Å². The lowest BCUT2D eigenvalue weighted by atomic mass is 10.3. The first-order valence-corrected chi connectivity index (χ1v) is 5.98. The predicted molar refractivity (Wildman–Crippen MR) is 47.3 cm³/mol. The summed E-state index contributed by atoms with van der Waals surface area (Å²) in [6.07, 6.45) is 1.52. The van der Waals surface area contributed by atoms with Crippen molar-refractivity contribution in [2.45, 2.75) is 26.1 Å². The fraction of sp³-hybridized carbons (Fsp3) is 1.00. The van der Waals surface area contributed by atoms with Crippen molar-refractivity contribution in [1.82, 2.24) is 0 Å². The zero-order chi connectivity index (χ0) is 10.5. The number of nitrogens with two attached hydrogens (primary N) is 1. The van der Waals surface area contributed by atoms with E-state index in [4.69, 9.17) is 17.7 Å². The molecule has 0 spiro atoms. The molecule has 1 saturated heterocycles. The largest absolute Gasteiger partial charge is 0.748 e. The van der Waals surface area contributed by atoms with Crippen molar-refractivity contribution >= 4 is 10.1 Å². The molecular weight excluding hydrogens is 194 g/mol. The molecule has 0 bridgehead atoms. The summed E-state index contributed by atoms with van der Waals surface area (Å²) in [6, 6.07) is 0. The first-order chi connectivity index (χ1) is 5.79. The Bertz CT molecular complexity index is 211. The normalized spacial score (nSPS) is 28.9. The van der Waals surface area contributed by atoms with Gasteiger partial charge in [-0.15, -0.1) is 0 Å². The van der Waals surface area contributed by atoms with Crippen LogP contribution in [0.5, 0.6) is 0 Å². The molecule has 0 saturated carbocycles. The van der Waals surface area contributed by atoms with E-state index >= 15 is 0 Å². The van der Waals surface area contributed by atoms with E-state index in [0.29, 0.717) is 18.5 Å². The van der Waals surface area contributed by atoms with E-state index in [1.807, 2.05) is 0 Å². The average Bonchev–Trinajstić information content (AvgIpc) is 1.81. The molecule has 1 rings (SSSR count). The lowest BCUT2D eigenvalue weighted by molar-refractivity contribution is -0.683. The number of morpholine rings is 1. The van der Waals surface area contributed by atoms with Crippen LogP contribution in [0.25, 0.3) is 0 Å². The molecular formula is C7H17NO4S. The zero-order valence-corrected chi connectivity index (χ0v) is 9.00. The van der Waals surface area contributed by atoms with Gasteiger partial charge in [-0.2, -0.15) is 0 Å². The summed E-state index contributed by atoms with van der Waals surface area (Å²) in [5.74, 6) is 0. The third-order valence-electron chi connectivity index (χ3n) is 1.46. The maximum absolute atomic E-state index is 9.08. The van der Waals surface area contributed by atoms with Crippen molar-refractivity contribution in [2.24, 2.45) is 0 Å². The Balaban J connectivity index is 0.000000252. The van der Waals surface area contributed by atoms with Gasteiger partial charge in [0.05, 0.1) is 10.1 Å². The van der Waals surface area contributed by atoms with Crippen LogP contribution in [0.1, 0.15) is 13.8 Å². The van der Waals surface area contributed by atoms with Gasteiger partial charge in [0, 0.05) is 6.26 Å². The summed E-state index contributed by atoms with van der Waals surface area (Å²) < 4.78 is 32.7. The molecule has 80 valence electrons. The van der Waals surface area contributed by atoms with Crippen molar-refractivity contribution in [3.05, 3.63) is 0 Å². The van der Waals surface area contributed by atoms with Crippen LogP contribution in [0.3, 0.4) is 0 Å². The summed E-state index contributed by atoms with van der Waals surface area (Å²) in [5, 5.41) is 2.30. The van der Waals surface area contributed by atoms with E-state index in [1.54, 1.807) is 0 Å². The molecule has 0 amide bonds. The van der Waals surface area contributed by atoms with Crippen molar-refractivity contribution in [2.75, 3.05) is 19.3 Å². The number of quaternary nitrogens is 1. The number of rotatable bonds is 0. The molecule has 0 aromatic carbocycles. The van der Waals surface area contributed by atoms with Crippen molar-refractivity contribution in [3.63, 3.8) is 0 Å². The van der Waals surface area contributed by atoms with Crippen molar-refractivity contribution in [3.8, 4) is 0 Å². The highest BCUT2D eigenvalue weighted by Crippen LogP contribution is 1.95. The van der Waals surface area contributed by atoms with Gasteiger partial charge in [-0.05, 0) is 13.8 Å². The van der Waals surface area contributed by atoms with Gasteiger partial charge in [-0.3, -0.25) is 0 Å². The van der Waals surface area contributed by atoms with E-state index in [9.17, 15) is 0 Å². The van der Waals surface area contributed by atoms with Crippen molar-refractivity contribution in [1.29, 1.82) is 0 Å². The summed E-state index contributed by atoms with van der Waals surface area (Å²) >= 11 is 0. The fourth-order valence-corrected chi connectivity index (χ4v) is 1.07. The Kier molecular flexibility index (Phi) is 5.46. The van der Waals surface area contributed by atoms with Gasteiger partial charge >= 0.3 is 0 Å². The molecule has 0 aliphatic carbocycles. The van der Waals surface area contributed by atoms with Gasteiger partial charge in [0.1, 0.15) is 25.3 Å². The van der Waals surface area contributed by atoms with E-state index in [2.05, 4.69) is 19.2 Å². The second kappa shape index (κ2) is 5.54. The molecule has 1 heterocycles. The second-order valence-electron chi connectivity index (χ2n) is 3.22. The average molecular weight is 211 g/mol. The molecule has 2 atom stereocenters. The maximum Gasteiger partial charge on any atom is 0.104 e. The van der Waals surface area contributed by atoms with Gasteiger partial charge in [0.25, 0.3) is 0 Å². The quantitative estimate of drug-likeness (QED) is 0.495. The Morgan fingerprint density at radius 3 is 1.77 bits per heavy atom. The Hall–Kier alpha value is -0.170. The maximum atomic E-state index is 9.08. The molecule has 1 aliphatic heterocycles. The van der Waals surface area contributed by atoms with E-state index < -0.39 is 10.1 Å². The third-order valence-corrected chi connectivity index (χ3v) is 1.46. The van der Waals surface area contributed by atoms with E-state index in [0.717, 1.165) is 13.1 Å². The monoisotopic (exact) mass is 211 g/mol. The Morgan fingerprint density at radius 1 is 1.31 bits per heavy atom. The zero-order valence-electron chi connectivity index (χ0n) is 8.19. The molecule has 0 aromatic rings. The first kappa shape index (κ1) is 12.8. The fourth-order valence-electron chi connectivity index (χ4n) is 1.07. The smallest absolute Gasteiger partial charge is 0.104 e. The van der Waals surface area contributed by atoms with Crippen LogP contribution in [-0.4, -0.2) is 44.5 Å². The van der Waals surface area contributed by atoms with Gasteiger partial charge in [0.15, 0.2) is 0 Å². The number of hydrogen-bond donors (Lipinski definition) is 1. The number of ether oxygens (including phenoxy) is 1. The minimum atomic E-state index is -3.92. The summed E-state index contributed by atoms with van der Waals surface area (Å²) in [4.78, 5) is 0. The van der Waals surface area contributed by atoms with Crippen LogP contribution in [0.15, 0.2) is 0 Å². The van der Waals surface area contributed by atoms with Crippen LogP contribution in [0.2, 0.25) is 0 Å². The lowest BCUT2D eigenvalue weighted by Gasteiger charge is -2.22. The van der Waals surface area contributed by atoms with Gasteiger partial charge in [-0.25, -0.2) is 8.42 Å². The lowest BCUT2D eigenvalue weighted by Crippen LogP contribution is -2.90. The minimum Gasteiger partial charge on any atom is -0.748 e. The van der Waals surface area contributed by atoms with Crippen LogP contribution in [-0.2, 0) is 14.9 Å². The predicted octanol–water partition coefficient (Wildman–Crippen LogP) is -1.48. The second-order valence-corrected chi connectivity index (χ2v) is 4.63. The standard InChI is InChI=1S/C6H13NO.CH4O3S/c1-5-3-7-4-6(2)8-5;1-5(2,3)4/h5-7H,3-4H2,1-2H3;1H3,(H,2,3,4). The molecule has 2 unspecified atom stereocenters. The topological polar surface area (TPSA) is 83.0 Å². The van der Waals surface area contributed by atoms with Crippen LogP contribution < -0.4 is 5.32 Å². The van der Waals surface area contributed by atoms with Gasteiger partial charge in [0.2, 0.25) is 0 Å². The molecule has 1 aliphatic rings. The first-order valence-electron chi connectivity index (χ1n) is 4.17. The molecule has 2 N–H and O–H groups in total. The van der Waals surface area contributed by atoms with E-state index in [-0.39, 0.29) is 0 Å². The molecule has 0 aromatic heterocycles. The molecule has 0 radical (unpaired) electrons. The SMILES string of the molecule is CC1C[NH2+]CC(C)O1.CS(=O)(=O)[O-]. The molecule has 6 heteroatoms. The Morgan fingerprint density at radius 2 is 1.62 bits per heavy atom. The minimum absolute atomic E-state index is 0.457. The highest BCUT2D eigenvalue weighted by atomic mass is 32.2. The molecule has 13 heavy (non-hydrogen) atoms. The van der Waals surface area contributed by atoms with Gasteiger partial charge in [-0.1, -0.05) is 0 Å².